The quantitative estimate of drug-likeness (QED) is 0.659. The van der Waals surface area contributed by atoms with E-state index in [1.807, 2.05) is 0 Å². The number of amides is 1. The second-order valence-electron chi connectivity index (χ2n) is 5.93. The van der Waals surface area contributed by atoms with Crippen LogP contribution in [0.2, 0.25) is 0 Å². The number of carbonyl (C=O) groups excluding carboxylic acids is 1. The van der Waals surface area contributed by atoms with E-state index < -0.39 is 47.0 Å². The van der Waals surface area contributed by atoms with Crippen LogP contribution < -0.4 is 5.73 Å². The van der Waals surface area contributed by atoms with Crippen molar-refractivity contribution in [3.8, 4) is 11.3 Å². The molecule has 3 rings (SSSR count). The lowest BCUT2D eigenvalue weighted by Gasteiger charge is -2.16. The highest BCUT2D eigenvalue weighted by atomic mass is 19.4. The fraction of sp³-hybridized carbons (Fsp3) is 0.167. The summed E-state index contributed by atoms with van der Waals surface area (Å²) < 4.78 is 79.1. The van der Waals surface area contributed by atoms with Gasteiger partial charge in [0.05, 0.1) is 23.2 Å². The molecule has 4 nitrogen and oxygen atoms in total. The van der Waals surface area contributed by atoms with E-state index >= 15 is 0 Å². The Labute approximate surface area is 154 Å². The SMILES string of the molecule is NC(=O)c1ncccc1-c1nc2c(C(F)(F)F)cccc2cc1CC(F)(F)F. The number of alkyl halides is 6. The number of carbonyl (C=O) groups is 1. The summed E-state index contributed by atoms with van der Waals surface area (Å²) in [6.45, 7) is 0. The van der Waals surface area contributed by atoms with Gasteiger partial charge in [0, 0.05) is 17.1 Å². The number of halogens is 6. The summed E-state index contributed by atoms with van der Waals surface area (Å²) in [6, 6.07) is 6.64. The molecule has 0 saturated heterocycles. The number of pyridine rings is 2. The molecule has 0 bridgehead atoms. The van der Waals surface area contributed by atoms with Crippen molar-refractivity contribution in [2.45, 2.75) is 18.8 Å². The summed E-state index contributed by atoms with van der Waals surface area (Å²) in [5, 5.41) is -0.109. The molecule has 1 amide bonds. The van der Waals surface area contributed by atoms with Gasteiger partial charge in [0.2, 0.25) is 0 Å². The Hall–Kier alpha value is -3.17. The Morgan fingerprint density at radius 1 is 1.04 bits per heavy atom. The average molecular weight is 399 g/mol. The van der Waals surface area contributed by atoms with Gasteiger partial charge >= 0.3 is 12.4 Å². The van der Waals surface area contributed by atoms with E-state index in [0.29, 0.717) is 0 Å². The third kappa shape index (κ3) is 3.90. The van der Waals surface area contributed by atoms with E-state index in [9.17, 15) is 31.1 Å². The molecule has 0 atom stereocenters. The first kappa shape index (κ1) is 19.6. The van der Waals surface area contributed by atoms with Crippen LogP contribution in [0.25, 0.3) is 22.2 Å². The summed E-state index contributed by atoms with van der Waals surface area (Å²) >= 11 is 0. The van der Waals surface area contributed by atoms with Crippen molar-refractivity contribution < 1.29 is 31.1 Å². The van der Waals surface area contributed by atoms with Crippen LogP contribution in [0.1, 0.15) is 21.6 Å². The Kier molecular flexibility index (Phi) is 4.74. The van der Waals surface area contributed by atoms with Crippen LogP contribution in [-0.2, 0) is 12.6 Å². The predicted molar refractivity (Wildman–Crippen MR) is 88.3 cm³/mol. The van der Waals surface area contributed by atoms with Gasteiger partial charge in [-0.25, -0.2) is 4.98 Å². The molecule has 0 aliphatic carbocycles. The molecule has 10 heteroatoms. The zero-order valence-electron chi connectivity index (χ0n) is 13.9. The van der Waals surface area contributed by atoms with Gasteiger partial charge in [0.25, 0.3) is 5.91 Å². The molecule has 146 valence electrons. The molecular formula is C18H11F6N3O. The number of aromatic nitrogens is 2. The molecule has 0 saturated carbocycles. The summed E-state index contributed by atoms with van der Waals surface area (Å²) in [4.78, 5) is 19.2. The molecular weight excluding hydrogens is 388 g/mol. The van der Waals surface area contributed by atoms with Crippen LogP contribution in [0, 0.1) is 0 Å². The third-order valence-electron chi connectivity index (χ3n) is 3.92. The van der Waals surface area contributed by atoms with Gasteiger partial charge in [-0.1, -0.05) is 12.1 Å². The van der Waals surface area contributed by atoms with E-state index in [-0.39, 0.29) is 16.6 Å². The molecule has 1 aromatic carbocycles. The molecule has 0 spiro atoms. The van der Waals surface area contributed by atoms with Crippen molar-refractivity contribution in [2.24, 2.45) is 5.73 Å². The van der Waals surface area contributed by atoms with Crippen molar-refractivity contribution in [1.29, 1.82) is 0 Å². The van der Waals surface area contributed by atoms with Crippen molar-refractivity contribution in [2.75, 3.05) is 0 Å². The van der Waals surface area contributed by atoms with E-state index in [1.54, 1.807) is 0 Å². The van der Waals surface area contributed by atoms with Crippen molar-refractivity contribution in [3.63, 3.8) is 0 Å². The monoisotopic (exact) mass is 399 g/mol. The van der Waals surface area contributed by atoms with Crippen LogP contribution in [0.5, 0.6) is 0 Å². The first-order chi connectivity index (χ1) is 13.0. The van der Waals surface area contributed by atoms with Crippen LogP contribution in [0.4, 0.5) is 26.3 Å². The van der Waals surface area contributed by atoms with Crippen molar-refractivity contribution in [1.82, 2.24) is 9.97 Å². The van der Waals surface area contributed by atoms with Crippen LogP contribution in [-0.4, -0.2) is 22.1 Å². The highest BCUT2D eigenvalue weighted by molar-refractivity contribution is 5.98. The van der Waals surface area contributed by atoms with Gasteiger partial charge in [-0.2, -0.15) is 26.3 Å². The minimum atomic E-state index is -4.77. The number of hydrogen-bond donors (Lipinski definition) is 1. The predicted octanol–water partition coefficient (Wildman–Crippen LogP) is 4.52. The van der Waals surface area contributed by atoms with Crippen LogP contribution in [0.3, 0.4) is 0 Å². The lowest BCUT2D eigenvalue weighted by molar-refractivity contribution is -0.136. The molecule has 0 aliphatic rings. The summed E-state index contributed by atoms with van der Waals surface area (Å²) in [5.74, 6) is -1.04. The molecule has 2 aromatic heterocycles. The van der Waals surface area contributed by atoms with Crippen molar-refractivity contribution in [3.05, 3.63) is 59.4 Å². The largest absolute Gasteiger partial charge is 0.418 e. The summed E-state index contributed by atoms with van der Waals surface area (Å²) in [6.07, 6.45) is -9.68. The van der Waals surface area contributed by atoms with E-state index in [2.05, 4.69) is 9.97 Å². The number of nitrogens with two attached hydrogens (primary N) is 1. The fourth-order valence-corrected chi connectivity index (χ4v) is 2.85. The molecule has 2 N–H and O–H groups in total. The van der Waals surface area contributed by atoms with Crippen LogP contribution in [0.15, 0.2) is 42.6 Å². The third-order valence-corrected chi connectivity index (χ3v) is 3.92. The van der Waals surface area contributed by atoms with E-state index in [0.717, 1.165) is 18.2 Å². The standard InChI is InChI=1S/C18H11F6N3O/c19-17(20,21)8-10-7-9-3-1-5-12(18(22,23)24)14(9)27-13(10)11-4-2-6-26-15(11)16(25)28/h1-7H,8H2,(H2,25,28). The molecule has 0 fully saturated rings. The first-order valence-corrected chi connectivity index (χ1v) is 7.79. The molecule has 28 heavy (non-hydrogen) atoms. The molecule has 0 radical (unpaired) electrons. The maximum Gasteiger partial charge on any atom is 0.418 e. The summed E-state index contributed by atoms with van der Waals surface area (Å²) in [5.41, 5.74) is 2.19. The van der Waals surface area contributed by atoms with Crippen LogP contribution >= 0.6 is 0 Å². The number of fused-ring (bicyclic) bond motifs is 1. The Balaban J connectivity index is 2.39. The van der Waals surface area contributed by atoms with E-state index in [1.165, 1.54) is 24.4 Å². The van der Waals surface area contributed by atoms with Gasteiger partial charge < -0.3 is 5.73 Å². The number of primary amides is 1. The zero-order valence-corrected chi connectivity index (χ0v) is 13.9. The molecule has 3 aromatic rings. The fourth-order valence-electron chi connectivity index (χ4n) is 2.85. The average Bonchev–Trinajstić information content (AvgIpc) is 2.58. The lowest BCUT2D eigenvalue weighted by atomic mass is 9.98. The molecule has 0 unspecified atom stereocenters. The smallest absolute Gasteiger partial charge is 0.364 e. The first-order valence-electron chi connectivity index (χ1n) is 7.79. The Bertz CT molecular complexity index is 1060. The maximum absolute atomic E-state index is 13.3. The number of rotatable bonds is 3. The van der Waals surface area contributed by atoms with Crippen molar-refractivity contribution >= 4 is 16.8 Å². The number of benzene rings is 1. The summed E-state index contributed by atoms with van der Waals surface area (Å²) in [7, 11) is 0. The normalized spacial score (nSPS) is 12.4. The van der Waals surface area contributed by atoms with Gasteiger partial charge in [-0.15, -0.1) is 0 Å². The van der Waals surface area contributed by atoms with Gasteiger partial charge in [-0.3, -0.25) is 9.78 Å². The molecule has 0 aliphatic heterocycles. The Morgan fingerprint density at radius 2 is 1.75 bits per heavy atom. The van der Waals surface area contributed by atoms with Gasteiger partial charge in [0.1, 0.15) is 5.69 Å². The highest BCUT2D eigenvalue weighted by Gasteiger charge is 2.35. The maximum atomic E-state index is 13.3. The van der Waals surface area contributed by atoms with Gasteiger partial charge in [0.15, 0.2) is 0 Å². The number of para-hydroxylation sites is 1. The number of nitrogens with zero attached hydrogens (tertiary/aromatic N) is 2. The molecule has 2 heterocycles. The second kappa shape index (κ2) is 6.77. The van der Waals surface area contributed by atoms with Gasteiger partial charge in [-0.05, 0) is 29.8 Å². The Morgan fingerprint density at radius 3 is 2.36 bits per heavy atom. The number of hydrogen-bond acceptors (Lipinski definition) is 3. The minimum Gasteiger partial charge on any atom is -0.364 e. The topological polar surface area (TPSA) is 68.9 Å². The zero-order chi connectivity index (χ0) is 20.7. The highest BCUT2D eigenvalue weighted by Crippen LogP contribution is 2.37. The minimum absolute atomic E-state index is 0.109. The van der Waals surface area contributed by atoms with E-state index in [4.69, 9.17) is 5.73 Å². The lowest BCUT2D eigenvalue weighted by Crippen LogP contribution is -2.17. The second-order valence-corrected chi connectivity index (χ2v) is 5.93.